The average molecular weight is 190 g/mol. The Morgan fingerprint density at radius 2 is 1.71 bits per heavy atom. The van der Waals surface area contributed by atoms with Crippen molar-refractivity contribution >= 4 is 0 Å². The van der Waals surface area contributed by atoms with Gasteiger partial charge in [-0.25, -0.2) is 0 Å². The summed E-state index contributed by atoms with van der Waals surface area (Å²) in [5.74, 6) is 0.564. The minimum Gasteiger partial charge on any atom is -0.389 e. The summed E-state index contributed by atoms with van der Waals surface area (Å²) in [6.45, 7) is 4.34. The molecule has 1 nitrogen and oxygen atoms in total. The molecule has 0 aliphatic heterocycles. The molecule has 1 aromatic carbocycles. The van der Waals surface area contributed by atoms with E-state index in [-0.39, 0.29) is 0 Å². The molecule has 14 heavy (non-hydrogen) atoms. The van der Waals surface area contributed by atoms with E-state index >= 15 is 0 Å². The third kappa shape index (κ3) is 1.83. The lowest BCUT2D eigenvalue weighted by Gasteiger charge is -2.24. The first kappa shape index (κ1) is 9.72. The van der Waals surface area contributed by atoms with Crippen molar-refractivity contribution in [1.82, 2.24) is 0 Å². The van der Waals surface area contributed by atoms with Crippen LogP contribution in [0.15, 0.2) is 24.3 Å². The lowest BCUT2D eigenvalue weighted by atomic mass is 9.90. The monoisotopic (exact) mass is 190 g/mol. The molecule has 0 spiro atoms. The first-order chi connectivity index (χ1) is 6.59. The molecule has 1 aliphatic carbocycles. The smallest absolute Gasteiger partial charge is 0.0730 e. The van der Waals surface area contributed by atoms with Crippen molar-refractivity contribution in [3.8, 4) is 0 Å². The Hall–Kier alpha value is -0.820. The SMILES string of the molecule is CC(C)CC1(O)Cc2ccccc2C1. The molecule has 1 aliphatic rings. The lowest BCUT2D eigenvalue weighted by Crippen LogP contribution is -2.30. The maximum Gasteiger partial charge on any atom is 0.0730 e. The van der Waals surface area contributed by atoms with Crippen LogP contribution < -0.4 is 0 Å². The molecule has 2 rings (SSSR count). The summed E-state index contributed by atoms with van der Waals surface area (Å²) < 4.78 is 0. The first-order valence-corrected chi connectivity index (χ1v) is 5.38. The molecule has 0 saturated heterocycles. The molecule has 0 heterocycles. The van der Waals surface area contributed by atoms with Gasteiger partial charge in [0.2, 0.25) is 0 Å². The summed E-state index contributed by atoms with van der Waals surface area (Å²) in [5.41, 5.74) is 2.18. The summed E-state index contributed by atoms with van der Waals surface area (Å²) in [6.07, 6.45) is 2.57. The van der Waals surface area contributed by atoms with Crippen molar-refractivity contribution in [3.05, 3.63) is 35.4 Å². The van der Waals surface area contributed by atoms with Gasteiger partial charge in [-0.05, 0) is 23.5 Å². The minimum atomic E-state index is -0.474. The molecule has 0 aromatic heterocycles. The molecule has 0 amide bonds. The van der Waals surface area contributed by atoms with Gasteiger partial charge in [-0.2, -0.15) is 0 Å². The number of aliphatic hydroxyl groups is 1. The predicted octanol–water partition coefficient (Wildman–Crippen LogP) is 2.56. The van der Waals surface area contributed by atoms with Gasteiger partial charge in [0.25, 0.3) is 0 Å². The molecule has 0 saturated carbocycles. The number of rotatable bonds is 2. The van der Waals surface area contributed by atoms with Crippen LogP contribution >= 0.6 is 0 Å². The zero-order valence-electron chi connectivity index (χ0n) is 8.96. The quantitative estimate of drug-likeness (QED) is 0.760. The first-order valence-electron chi connectivity index (χ1n) is 5.38. The van der Waals surface area contributed by atoms with Gasteiger partial charge in [0.1, 0.15) is 0 Å². The van der Waals surface area contributed by atoms with Crippen LogP contribution in [0.3, 0.4) is 0 Å². The average Bonchev–Trinajstić information content (AvgIpc) is 2.38. The van der Waals surface area contributed by atoms with Gasteiger partial charge in [-0.15, -0.1) is 0 Å². The number of hydrogen-bond donors (Lipinski definition) is 1. The molecule has 76 valence electrons. The Labute approximate surface area is 85.8 Å². The summed E-state index contributed by atoms with van der Waals surface area (Å²) in [6, 6.07) is 8.38. The van der Waals surface area contributed by atoms with Gasteiger partial charge in [0.05, 0.1) is 5.60 Å². The molecular weight excluding hydrogens is 172 g/mol. The molecule has 0 bridgehead atoms. The lowest BCUT2D eigenvalue weighted by molar-refractivity contribution is 0.0302. The Bertz CT molecular complexity index is 303. The highest BCUT2D eigenvalue weighted by Crippen LogP contribution is 2.34. The third-order valence-corrected chi connectivity index (χ3v) is 2.95. The highest BCUT2D eigenvalue weighted by atomic mass is 16.3. The van der Waals surface area contributed by atoms with Gasteiger partial charge in [-0.3, -0.25) is 0 Å². The van der Waals surface area contributed by atoms with Crippen LogP contribution in [0, 0.1) is 5.92 Å². The van der Waals surface area contributed by atoms with Gasteiger partial charge < -0.3 is 5.11 Å². The van der Waals surface area contributed by atoms with Crippen LogP contribution in [0.4, 0.5) is 0 Å². The molecule has 1 aromatic rings. The van der Waals surface area contributed by atoms with Crippen LogP contribution in [-0.2, 0) is 12.8 Å². The number of hydrogen-bond acceptors (Lipinski definition) is 1. The Kier molecular flexibility index (Phi) is 2.36. The van der Waals surface area contributed by atoms with Gasteiger partial charge in [0.15, 0.2) is 0 Å². The molecule has 0 fully saturated rings. The second kappa shape index (κ2) is 3.39. The highest BCUT2D eigenvalue weighted by molar-refractivity contribution is 5.35. The van der Waals surface area contributed by atoms with E-state index in [9.17, 15) is 5.11 Å². The summed E-state index contributed by atoms with van der Waals surface area (Å²) in [7, 11) is 0. The van der Waals surface area contributed by atoms with E-state index in [2.05, 4.69) is 38.1 Å². The highest BCUT2D eigenvalue weighted by Gasteiger charge is 2.34. The fourth-order valence-corrected chi connectivity index (χ4v) is 2.58. The normalized spacial score (nSPS) is 18.6. The topological polar surface area (TPSA) is 20.2 Å². The summed E-state index contributed by atoms with van der Waals surface area (Å²) >= 11 is 0. The minimum absolute atomic E-state index is 0.474. The molecule has 0 atom stereocenters. The van der Waals surface area contributed by atoms with Crippen LogP contribution in [0.5, 0.6) is 0 Å². The molecular formula is C13H18O. The summed E-state index contributed by atoms with van der Waals surface area (Å²) in [4.78, 5) is 0. The maximum atomic E-state index is 10.4. The molecule has 1 heteroatoms. The van der Waals surface area contributed by atoms with E-state index in [1.165, 1.54) is 11.1 Å². The third-order valence-electron chi connectivity index (χ3n) is 2.95. The second-order valence-electron chi connectivity index (χ2n) is 4.94. The van der Waals surface area contributed by atoms with Crippen LogP contribution in [0.1, 0.15) is 31.4 Å². The van der Waals surface area contributed by atoms with E-state index in [0.29, 0.717) is 5.92 Å². The van der Waals surface area contributed by atoms with E-state index < -0.39 is 5.60 Å². The van der Waals surface area contributed by atoms with E-state index in [4.69, 9.17) is 0 Å². The summed E-state index contributed by atoms with van der Waals surface area (Å²) in [5, 5.41) is 10.4. The van der Waals surface area contributed by atoms with Crippen molar-refractivity contribution in [2.45, 2.75) is 38.7 Å². The number of fused-ring (bicyclic) bond motifs is 1. The van der Waals surface area contributed by atoms with Gasteiger partial charge in [0, 0.05) is 12.8 Å². The molecule has 0 unspecified atom stereocenters. The Morgan fingerprint density at radius 3 is 2.14 bits per heavy atom. The van der Waals surface area contributed by atoms with Gasteiger partial charge >= 0.3 is 0 Å². The van der Waals surface area contributed by atoms with Crippen LogP contribution in [0.25, 0.3) is 0 Å². The van der Waals surface area contributed by atoms with Crippen molar-refractivity contribution in [2.24, 2.45) is 5.92 Å². The van der Waals surface area contributed by atoms with Crippen LogP contribution in [-0.4, -0.2) is 10.7 Å². The maximum absolute atomic E-state index is 10.4. The predicted molar refractivity (Wildman–Crippen MR) is 58.3 cm³/mol. The van der Waals surface area contributed by atoms with Crippen molar-refractivity contribution < 1.29 is 5.11 Å². The van der Waals surface area contributed by atoms with Crippen molar-refractivity contribution in [1.29, 1.82) is 0 Å². The zero-order valence-corrected chi connectivity index (χ0v) is 8.96. The van der Waals surface area contributed by atoms with E-state index in [1.807, 2.05) is 0 Å². The van der Waals surface area contributed by atoms with Crippen LogP contribution in [0.2, 0.25) is 0 Å². The fraction of sp³-hybridized carbons (Fsp3) is 0.538. The van der Waals surface area contributed by atoms with Crippen molar-refractivity contribution in [3.63, 3.8) is 0 Å². The number of benzene rings is 1. The molecule has 0 radical (unpaired) electrons. The molecule has 1 N–H and O–H groups in total. The van der Waals surface area contributed by atoms with Crippen molar-refractivity contribution in [2.75, 3.05) is 0 Å². The Morgan fingerprint density at radius 1 is 1.21 bits per heavy atom. The van der Waals surface area contributed by atoms with E-state index in [0.717, 1.165) is 19.3 Å². The Balaban J connectivity index is 2.17. The largest absolute Gasteiger partial charge is 0.389 e. The standard InChI is InChI=1S/C13H18O/c1-10(2)7-13(14)8-11-5-3-4-6-12(11)9-13/h3-6,10,14H,7-9H2,1-2H3. The zero-order chi connectivity index (χ0) is 10.2. The van der Waals surface area contributed by atoms with E-state index in [1.54, 1.807) is 0 Å². The van der Waals surface area contributed by atoms with Gasteiger partial charge in [-0.1, -0.05) is 38.1 Å². The second-order valence-corrected chi connectivity index (χ2v) is 4.94. The fourth-order valence-electron chi connectivity index (χ4n) is 2.58.